The quantitative estimate of drug-likeness (QED) is 0.856. The van der Waals surface area contributed by atoms with Crippen molar-refractivity contribution in [3.63, 3.8) is 0 Å². The van der Waals surface area contributed by atoms with E-state index >= 15 is 0 Å². The largest absolute Gasteiger partial charge is 0.434 e. The van der Waals surface area contributed by atoms with Gasteiger partial charge in [0, 0.05) is 25.3 Å². The van der Waals surface area contributed by atoms with E-state index < -0.39 is 12.5 Å². The van der Waals surface area contributed by atoms with Crippen LogP contribution in [-0.4, -0.2) is 43.7 Å². The zero-order valence-electron chi connectivity index (χ0n) is 14.2. The minimum Gasteiger partial charge on any atom is -0.434 e. The van der Waals surface area contributed by atoms with E-state index in [-0.39, 0.29) is 11.3 Å². The van der Waals surface area contributed by atoms with E-state index in [0.29, 0.717) is 25.4 Å². The highest BCUT2D eigenvalue weighted by atomic mass is 19.3. The Kier molecular flexibility index (Phi) is 6.14. The van der Waals surface area contributed by atoms with Gasteiger partial charge in [-0.3, -0.25) is 9.69 Å². The number of halogens is 2. The summed E-state index contributed by atoms with van der Waals surface area (Å²) in [7, 11) is 0. The Hall–Kier alpha value is -2.51. The van der Waals surface area contributed by atoms with E-state index in [1.807, 2.05) is 18.2 Å². The predicted molar refractivity (Wildman–Crippen MR) is 93.6 cm³/mol. The van der Waals surface area contributed by atoms with Gasteiger partial charge in [0.2, 0.25) is 0 Å². The van der Waals surface area contributed by atoms with Gasteiger partial charge in [0.1, 0.15) is 5.75 Å². The molecule has 0 atom stereocenters. The number of alkyl halides is 2. The summed E-state index contributed by atoms with van der Waals surface area (Å²) < 4.78 is 34.9. The smallest absolute Gasteiger partial charge is 0.387 e. The zero-order valence-corrected chi connectivity index (χ0v) is 14.2. The van der Waals surface area contributed by atoms with Gasteiger partial charge in [-0.15, -0.1) is 0 Å². The maximum atomic E-state index is 12.6. The topological polar surface area (TPSA) is 50.8 Å². The molecule has 1 saturated heterocycles. The number of carbonyl (C=O) groups is 1. The summed E-state index contributed by atoms with van der Waals surface area (Å²) in [6.45, 7) is 0.715. The fourth-order valence-corrected chi connectivity index (χ4v) is 2.82. The summed E-state index contributed by atoms with van der Waals surface area (Å²) in [6.07, 6.45) is 0. The monoisotopic (exact) mass is 362 g/mol. The van der Waals surface area contributed by atoms with Gasteiger partial charge in [-0.1, -0.05) is 30.3 Å². The number of rotatable bonds is 6. The molecule has 2 aromatic rings. The van der Waals surface area contributed by atoms with Gasteiger partial charge in [-0.05, 0) is 23.8 Å². The van der Waals surface area contributed by atoms with Crippen molar-refractivity contribution in [1.82, 2.24) is 4.90 Å². The van der Waals surface area contributed by atoms with Gasteiger partial charge in [-0.25, -0.2) is 0 Å². The number of carbonyl (C=O) groups excluding carboxylic acids is 1. The zero-order chi connectivity index (χ0) is 18.4. The lowest BCUT2D eigenvalue weighted by Gasteiger charge is -2.27. The summed E-state index contributed by atoms with van der Waals surface area (Å²) in [6, 6.07) is 13.4. The molecule has 0 radical (unpaired) electrons. The van der Waals surface area contributed by atoms with E-state index in [1.54, 1.807) is 18.2 Å². The Morgan fingerprint density at radius 3 is 2.58 bits per heavy atom. The van der Waals surface area contributed by atoms with E-state index in [1.165, 1.54) is 12.1 Å². The van der Waals surface area contributed by atoms with Crippen molar-refractivity contribution in [2.75, 3.05) is 31.6 Å². The van der Waals surface area contributed by atoms with Crippen LogP contribution >= 0.6 is 0 Å². The van der Waals surface area contributed by atoms with Crippen molar-refractivity contribution >= 4 is 11.6 Å². The van der Waals surface area contributed by atoms with Crippen molar-refractivity contribution < 1.29 is 23.0 Å². The predicted octanol–water partition coefficient (Wildman–Crippen LogP) is 3.37. The molecule has 1 heterocycles. The normalized spacial score (nSPS) is 15.0. The van der Waals surface area contributed by atoms with Gasteiger partial charge in [0.15, 0.2) is 0 Å². The van der Waals surface area contributed by atoms with Crippen LogP contribution in [0.15, 0.2) is 48.5 Å². The average molecular weight is 362 g/mol. The highest BCUT2D eigenvalue weighted by molar-refractivity contribution is 6.06. The first-order valence-electron chi connectivity index (χ1n) is 8.36. The summed E-state index contributed by atoms with van der Waals surface area (Å²) >= 11 is 0. The van der Waals surface area contributed by atoms with Crippen molar-refractivity contribution in [2.24, 2.45) is 0 Å². The average Bonchev–Trinajstić information content (AvgIpc) is 2.64. The Bertz CT molecular complexity index is 749. The highest BCUT2D eigenvalue weighted by Crippen LogP contribution is 2.23. The molecule has 0 aliphatic carbocycles. The molecule has 7 heteroatoms. The number of benzene rings is 2. The maximum absolute atomic E-state index is 12.6. The second-order valence-corrected chi connectivity index (χ2v) is 5.87. The number of amides is 1. The molecule has 138 valence electrons. The third-order valence-electron chi connectivity index (χ3n) is 4.11. The Morgan fingerprint density at radius 1 is 1.12 bits per heavy atom. The van der Waals surface area contributed by atoms with E-state index in [4.69, 9.17) is 4.74 Å². The Morgan fingerprint density at radius 2 is 1.81 bits per heavy atom. The van der Waals surface area contributed by atoms with Crippen LogP contribution in [0.5, 0.6) is 5.75 Å². The molecule has 0 saturated carbocycles. The first kappa shape index (κ1) is 18.3. The fourth-order valence-electron chi connectivity index (χ4n) is 2.82. The first-order valence-corrected chi connectivity index (χ1v) is 8.36. The fraction of sp³-hybridized carbons (Fsp3) is 0.316. The van der Waals surface area contributed by atoms with Crippen molar-refractivity contribution in [3.8, 4) is 5.75 Å². The number of anilines is 1. The summed E-state index contributed by atoms with van der Waals surface area (Å²) in [5.74, 6) is -0.638. The van der Waals surface area contributed by atoms with Crippen molar-refractivity contribution in [1.29, 1.82) is 0 Å². The SMILES string of the molecule is O=C(Nc1ccccc1CN1CCOCC1)c1ccccc1OC(F)F. The van der Waals surface area contributed by atoms with Crippen LogP contribution in [0.4, 0.5) is 14.5 Å². The number of morpholine rings is 1. The van der Waals surface area contributed by atoms with Gasteiger partial charge in [-0.2, -0.15) is 8.78 Å². The number of nitrogens with one attached hydrogen (secondary N) is 1. The summed E-state index contributed by atoms with van der Waals surface area (Å²) in [4.78, 5) is 14.8. The summed E-state index contributed by atoms with van der Waals surface area (Å²) in [5, 5.41) is 2.81. The third kappa shape index (κ3) is 4.77. The molecule has 2 aromatic carbocycles. The molecule has 1 amide bonds. The second kappa shape index (κ2) is 8.73. The molecule has 5 nitrogen and oxygen atoms in total. The van der Waals surface area contributed by atoms with Crippen LogP contribution in [0.25, 0.3) is 0 Å². The van der Waals surface area contributed by atoms with Crippen LogP contribution in [0, 0.1) is 0 Å². The van der Waals surface area contributed by atoms with E-state index in [2.05, 4.69) is 15.0 Å². The number of para-hydroxylation sites is 2. The molecule has 0 spiro atoms. The summed E-state index contributed by atoms with van der Waals surface area (Å²) in [5.41, 5.74) is 1.67. The van der Waals surface area contributed by atoms with Crippen LogP contribution < -0.4 is 10.1 Å². The van der Waals surface area contributed by atoms with Crippen LogP contribution in [-0.2, 0) is 11.3 Å². The lowest BCUT2D eigenvalue weighted by atomic mass is 10.1. The van der Waals surface area contributed by atoms with E-state index in [0.717, 1.165) is 18.7 Å². The second-order valence-electron chi connectivity index (χ2n) is 5.87. The van der Waals surface area contributed by atoms with Gasteiger partial charge < -0.3 is 14.8 Å². The Balaban J connectivity index is 1.76. The standard InChI is InChI=1S/C19H20F2N2O3/c20-19(21)26-17-8-4-2-6-15(17)18(24)22-16-7-3-1-5-14(16)13-23-9-11-25-12-10-23/h1-8,19H,9-13H2,(H,22,24). The number of nitrogens with zero attached hydrogens (tertiary/aromatic N) is 1. The van der Waals surface area contributed by atoms with Crippen molar-refractivity contribution in [3.05, 3.63) is 59.7 Å². The molecule has 0 bridgehead atoms. The molecule has 0 aromatic heterocycles. The maximum Gasteiger partial charge on any atom is 0.387 e. The molecular weight excluding hydrogens is 342 g/mol. The van der Waals surface area contributed by atoms with Crippen LogP contribution in [0.1, 0.15) is 15.9 Å². The molecule has 3 rings (SSSR count). The molecule has 0 unspecified atom stereocenters. The third-order valence-corrected chi connectivity index (χ3v) is 4.11. The van der Waals surface area contributed by atoms with Gasteiger partial charge in [0.25, 0.3) is 5.91 Å². The lowest BCUT2D eigenvalue weighted by Crippen LogP contribution is -2.35. The molecule has 1 fully saturated rings. The molecule has 26 heavy (non-hydrogen) atoms. The minimum atomic E-state index is -2.99. The van der Waals surface area contributed by atoms with Gasteiger partial charge >= 0.3 is 6.61 Å². The number of hydrogen-bond donors (Lipinski definition) is 1. The molecule has 1 N–H and O–H groups in total. The highest BCUT2D eigenvalue weighted by Gasteiger charge is 2.18. The number of hydrogen-bond acceptors (Lipinski definition) is 4. The molecule has 1 aliphatic rings. The van der Waals surface area contributed by atoms with Gasteiger partial charge in [0.05, 0.1) is 18.8 Å². The molecular formula is C19H20F2N2O3. The Labute approximate surface area is 150 Å². The van der Waals surface area contributed by atoms with Crippen LogP contribution in [0.2, 0.25) is 0 Å². The number of ether oxygens (including phenoxy) is 2. The van der Waals surface area contributed by atoms with E-state index in [9.17, 15) is 13.6 Å². The van der Waals surface area contributed by atoms with Crippen LogP contribution in [0.3, 0.4) is 0 Å². The first-order chi connectivity index (χ1) is 12.6. The van der Waals surface area contributed by atoms with Crippen molar-refractivity contribution in [2.45, 2.75) is 13.2 Å². The lowest BCUT2D eigenvalue weighted by molar-refractivity contribution is -0.0501. The minimum absolute atomic E-state index is 0.0639. The molecule has 1 aliphatic heterocycles.